The highest BCUT2D eigenvalue weighted by Gasteiger charge is 2.02. The van der Waals surface area contributed by atoms with Crippen LogP contribution in [-0.2, 0) is 0 Å². The Balaban J connectivity index is 2.23. The molecular weight excluding hydrogens is 200 g/mol. The summed E-state index contributed by atoms with van der Waals surface area (Å²) in [5.41, 5.74) is 7.64. The molecule has 0 bridgehead atoms. The Hall–Kier alpha value is -2.36. The monoisotopic (exact) mass is 210 g/mol. The Kier molecular flexibility index (Phi) is 1.86. The van der Waals surface area contributed by atoms with Crippen LogP contribution in [0.5, 0.6) is 0 Å². The SMILES string of the molecule is Nc1nccn1-c1cnc2ccccc2c1. The van der Waals surface area contributed by atoms with Crippen molar-refractivity contribution in [1.82, 2.24) is 14.5 Å². The van der Waals surface area contributed by atoms with Crippen molar-refractivity contribution in [3.05, 3.63) is 48.9 Å². The molecule has 3 aromatic rings. The maximum atomic E-state index is 5.74. The molecule has 2 N–H and O–H groups in total. The number of benzene rings is 1. The molecule has 4 nitrogen and oxygen atoms in total. The van der Waals surface area contributed by atoms with Crippen LogP contribution in [-0.4, -0.2) is 14.5 Å². The zero-order chi connectivity index (χ0) is 11.0. The fourth-order valence-electron chi connectivity index (χ4n) is 1.72. The van der Waals surface area contributed by atoms with E-state index in [0.29, 0.717) is 5.95 Å². The second-order valence-corrected chi connectivity index (χ2v) is 3.54. The van der Waals surface area contributed by atoms with Gasteiger partial charge in [-0.2, -0.15) is 0 Å². The van der Waals surface area contributed by atoms with Crippen LogP contribution in [0.25, 0.3) is 16.6 Å². The van der Waals surface area contributed by atoms with Gasteiger partial charge >= 0.3 is 0 Å². The van der Waals surface area contributed by atoms with E-state index in [0.717, 1.165) is 16.6 Å². The van der Waals surface area contributed by atoms with Gasteiger partial charge in [-0.25, -0.2) is 4.98 Å². The summed E-state index contributed by atoms with van der Waals surface area (Å²) in [5.74, 6) is 0.470. The number of anilines is 1. The Bertz CT molecular complexity index is 642. The average Bonchev–Trinajstić information content (AvgIpc) is 2.75. The fourth-order valence-corrected chi connectivity index (χ4v) is 1.72. The number of rotatable bonds is 1. The molecule has 0 aliphatic rings. The lowest BCUT2D eigenvalue weighted by Crippen LogP contribution is -2.00. The summed E-state index contributed by atoms with van der Waals surface area (Å²) in [4.78, 5) is 8.36. The van der Waals surface area contributed by atoms with Gasteiger partial charge in [0.05, 0.1) is 17.4 Å². The van der Waals surface area contributed by atoms with Gasteiger partial charge in [-0.05, 0) is 12.1 Å². The molecule has 4 heteroatoms. The molecule has 0 spiro atoms. The van der Waals surface area contributed by atoms with Gasteiger partial charge in [0.2, 0.25) is 5.95 Å². The van der Waals surface area contributed by atoms with Crippen LogP contribution < -0.4 is 5.73 Å². The standard InChI is InChI=1S/C12H10N4/c13-12-14-5-6-16(12)10-7-9-3-1-2-4-11(9)15-8-10/h1-8H,(H2,13,14). The molecule has 2 aromatic heterocycles. The van der Waals surface area contributed by atoms with E-state index in [1.165, 1.54) is 0 Å². The number of aromatic nitrogens is 3. The van der Waals surface area contributed by atoms with Crippen LogP contribution in [0.1, 0.15) is 0 Å². The molecule has 0 aliphatic heterocycles. The van der Waals surface area contributed by atoms with Gasteiger partial charge in [0.1, 0.15) is 0 Å². The maximum Gasteiger partial charge on any atom is 0.204 e. The van der Waals surface area contributed by atoms with Crippen LogP contribution >= 0.6 is 0 Å². The Morgan fingerprint density at radius 2 is 2.00 bits per heavy atom. The van der Waals surface area contributed by atoms with Crippen molar-refractivity contribution in [3.63, 3.8) is 0 Å². The summed E-state index contributed by atoms with van der Waals surface area (Å²) in [7, 11) is 0. The van der Waals surface area contributed by atoms with Crippen molar-refractivity contribution >= 4 is 16.9 Å². The average molecular weight is 210 g/mol. The molecule has 0 unspecified atom stereocenters. The van der Waals surface area contributed by atoms with Crippen LogP contribution in [0.2, 0.25) is 0 Å². The fraction of sp³-hybridized carbons (Fsp3) is 0. The van der Waals surface area contributed by atoms with Gasteiger partial charge < -0.3 is 5.73 Å². The number of nitrogen functional groups attached to an aromatic ring is 1. The molecule has 3 rings (SSSR count). The zero-order valence-electron chi connectivity index (χ0n) is 8.54. The predicted molar refractivity (Wildman–Crippen MR) is 63.3 cm³/mol. The van der Waals surface area contributed by atoms with E-state index in [1.807, 2.05) is 36.5 Å². The summed E-state index contributed by atoms with van der Waals surface area (Å²) in [5, 5.41) is 1.09. The minimum atomic E-state index is 0.470. The van der Waals surface area contributed by atoms with Crippen LogP contribution in [0.4, 0.5) is 5.95 Å². The third-order valence-corrected chi connectivity index (χ3v) is 2.52. The molecule has 0 radical (unpaired) electrons. The molecule has 0 atom stereocenters. The van der Waals surface area contributed by atoms with E-state index in [1.54, 1.807) is 17.0 Å². The first-order valence-corrected chi connectivity index (χ1v) is 4.98. The number of pyridine rings is 1. The van der Waals surface area contributed by atoms with E-state index in [4.69, 9.17) is 5.73 Å². The summed E-state index contributed by atoms with van der Waals surface area (Å²) < 4.78 is 1.80. The summed E-state index contributed by atoms with van der Waals surface area (Å²) in [6.07, 6.45) is 5.28. The molecule has 1 aromatic carbocycles. The van der Waals surface area contributed by atoms with E-state index >= 15 is 0 Å². The molecule has 16 heavy (non-hydrogen) atoms. The topological polar surface area (TPSA) is 56.7 Å². The van der Waals surface area contributed by atoms with Gasteiger partial charge in [0.25, 0.3) is 0 Å². The normalized spacial score (nSPS) is 10.8. The number of fused-ring (bicyclic) bond motifs is 1. The molecule has 0 amide bonds. The second kappa shape index (κ2) is 3.34. The third kappa shape index (κ3) is 1.32. The van der Waals surface area contributed by atoms with Crippen molar-refractivity contribution in [2.75, 3.05) is 5.73 Å². The first kappa shape index (κ1) is 8.91. The molecule has 0 saturated heterocycles. The van der Waals surface area contributed by atoms with Gasteiger partial charge in [-0.3, -0.25) is 9.55 Å². The number of hydrogen-bond acceptors (Lipinski definition) is 3. The van der Waals surface area contributed by atoms with Gasteiger partial charge in [0, 0.05) is 17.8 Å². The van der Waals surface area contributed by atoms with Gasteiger partial charge in [-0.1, -0.05) is 18.2 Å². The Morgan fingerprint density at radius 3 is 2.81 bits per heavy atom. The largest absolute Gasteiger partial charge is 0.369 e. The van der Waals surface area contributed by atoms with Gasteiger partial charge in [-0.15, -0.1) is 0 Å². The first-order valence-electron chi connectivity index (χ1n) is 4.98. The maximum absolute atomic E-state index is 5.74. The highest BCUT2D eigenvalue weighted by atomic mass is 15.1. The Morgan fingerprint density at radius 1 is 1.12 bits per heavy atom. The number of nitrogens with zero attached hydrogens (tertiary/aromatic N) is 3. The first-order chi connectivity index (χ1) is 7.84. The van der Waals surface area contributed by atoms with E-state index in [2.05, 4.69) is 9.97 Å². The lowest BCUT2D eigenvalue weighted by atomic mass is 10.2. The zero-order valence-corrected chi connectivity index (χ0v) is 8.54. The predicted octanol–water partition coefficient (Wildman–Crippen LogP) is 2.00. The van der Waals surface area contributed by atoms with E-state index in [9.17, 15) is 0 Å². The lowest BCUT2D eigenvalue weighted by molar-refractivity contribution is 1.06. The van der Waals surface area contributed by atoms with Crippen molar-refractivity contribution in [2.45, 2.75) is 0 Å². The second-order valence-electron chi connectivity index (χ2n) is 3.54. The van der Waals surface area contributed by atoms with Crippen LogP contribution in [0.15, 0.2) is 48.9 Å². The minimum Gasteiger partial charge on any atom is -0.369 e. The Labute approximate surface area is 92.4 Å². The number of nitrogens with two attached hydrogens (primary N) is 1. The third-order valence-electron chi connectivity index (χ3n) is 2.52. The molecule has 0 fully saturated rings. The number of hydrogen-bond donors (Lipinski definition) is 1. The summed E-state index contributed by atoms with van der Waals surface area (Å²) in [6, 6.07) is 10.0. The van der Waals surface area contributed by atoms with E-state index < -0.39 is 0 Å². The molecule has 2 heterocycles. The highest BCUT2D eigenvalue weighted by molar-refractivity contribution is 5.80. The molecule has 0 saturated carbocycles. The van der Waals surface area contributed by atoms with Gasteiger partial charge in [0.15, 0.2) is 0 Å². The van der Waals surface area contributed by atoms with Crippen molar-refractivity contribution < 1.29 is 0 Å². The number of imidazole rings is 1. The smallest absolute Gasteiger partial charge is 0.204 e. The summed E-state index contributed by atoms with van der Waals surface area (Å²) in [6.45, 7) is 0. The van der Waals surface area contributed by atoms with Crippen LogP contribution in [0.3, 0.4) is 0 Å². The minimum absolute atomic E-state index is 0.470. The lowest BCUT2D eigenvalue weighted by Gasteiger charge is -2.05. The van der Waals surface area contributed by atoms with E-state index in [-0.39, 0.29) is 0 Å². The van der Waals surface area contributed by atoms with Crippen molar-refractivity contribution in [2.24, 2.45) is 0 Å². The van der Waals surface area contributed by atoms with Crippen molar-refractivity contribution in [3.8, 4) is 5.69 Å². The highest BCUT2D eigenvalue weighted by Crippen LogP contribution is 2.17. The molecule has 78 valence electrons. The molecule has 0 aliphatic carbocycles. The van der Waals surface area contributed by atoms with Crippen molar-refractivity contribution in [1.29, 1.82) is 0 Å². The number of para-hydroxylation sites is 1. The summed E-state index contributed by atoms with van der Waals surface area (Å²) >= 11 is 0. The van der Waals surface area contributed by atoms with Crippen LogP contribution in [0, 0.1) is 0 Å². The quantitative estimate of drug-likeness (QED) is 0.668. The molecular formula is C12H10N4.